The molecule has 1 unspecified atom stereocenters. The van der Waals surface area contributed by atoms with Gasteiger partial charge in [-0.2, -0.15) is 0 Å². The van der Waals surface area contributed by atoms with E-state index in [0.717, 1.165) is 16.7 Å². The second-order valence-corrected chi connectivity index (χ2v) is 8.12. The zero-order valence-corrected chi connectivity index (χ0v) is 17.5. The molecule has 31 heavy (non-hydrogen) atoms. The standard InChI is InChI=1S/C26H21NO4/c1-14-6-4-8-18(10-14)27-23(17-7-5-9-19(28)13-17)22-24(29)20-11-15(2)16(3)12-21(20)31-25(22)26(27)30/h4-13,23,28H,1-3H3. The molecule has 5 nitrogen and oxygen atoms in total. The van der Waals surface area contributed by atoms with Crippen LogP contribution in [0.15, 0.2) is 69.9 Å². The van der Waals surface area contributed by atoms with Crippen LogP contribution in [0.3, 0.4) is 0 Å². The number of amides is 1. The molecular weight excluding hydrogens is 390 g/mol. The van der Waals surface area contributed by atoms with Gasteiger partial charge in [-0.15, -0.1) is 0 Å². The third-order valence-electron chi connectivity index (χ3n) is 5.95. The molecule has 0 radical (unpaired) electrons. The third kappa shape index (κ3) is 2.93. The Morgan fingerprint density at radius 1 is 0.903 bits per heavy atom. The fraction of sp³-hybridized carbons (Fsp3) is 0.154. The lowest BCUT2D eigenvalue weighted by atomic mass is 9.97. The number of carbonyl (C=O) groups excluding carboxylic acids is 1. The Morgan fingerprint density at radius 2 is 1.65 bits per heavy atom. The predicted molar refractivity (Wildman–Crippen MR) is 120 cm³/mol. The first kappa shape index (κ1) is 19.1. The van der Waals surface area contributed by atoms with Crippen LogP contribution >= 0.6 is 0 Å². The second-order valence-electron chi connectivity index (χ2n) is 8.12. The van der Waals surface area contributed by atoms with Gasteiger partial charge in [0.1, 0.15) is 11.3 Å². The van der Waals surface area contributed by atoms with Gasteiger partial charge in [0.2, 0.25) is 5.76 Å². The molecule has 0 saturated carbocycles. The highest BCUT2D eigenvalue weighted by molar-refractivity contribution is 6.10. The molecule has 1 aromatic heterocycles. The van der Waals surface area contributed by atoms with Crippen molar-refractivity contribution in [1.29, 1.82) is 0 Å². The second kappa shape index (κ2) is 6.84. The number of aromatic hydroxyl groups is 1. The summed E-state index contributed by atoms with van der Waals surface area (Å²) in [7, 11) is 0. The Hall–Kier alpha value is -3.86. The van der Waals surface area contributed by atoms with Crippen molar-refractivity contribution in [2.75, 3.05) is 4.90 Å². The van der Waals surface area contributed by atoms with E-state index in [1.807, 2.05) is 51.1 Å². The average Bonchev–Trinajstić information content (AvgIpc) is 3.02. The number of fused-ring (bicyclic) bond motifs is 2. The molecule has 0 bridgehead atoms. The number of nitrogens with zero attached hydrogens (tertiary/aromatic N) is 1. The summed E-state index contributed by atoms with van der Waals surface area (Å²) in [6, 6.07) is 17.1. The smallest absolute Gasteiger partial charge is 0.295 e. The van der Waals surface area contributed by atoms with E-state index in [4.69, 9.17) is 4.42 Å². The molecule has 5 rings (SSSR count). The van der Waals surface area contributed by atoms with Crippen LogP contribution in [0, 0.1) is 20.8 Å². The summed E-state index contributed by atoms with van der Waals surface area (Å²) in [6.45, 7) is 5.83. The van der Waals surface area contributed by atoms with Gasteiger partial charge in [0.05, 0.1) is 17.0 Å². The first-order valence-electron chi connectivity index (χ1n) is 10.1. The maximum Gasteiger partial charge on any atom is 0.295 e. The summed E-state index contributed by atoms with van der Waals surface area (Å²) in [5.74, 6) is -0.249. The minimum absolute atomic E-state index is 0.0515. The third-order valence-corrected chi connectivity index (χ3v) is 5.95. The van der Waals surface area contributed by atoms with Gasteiger partial charge in [0.15, 0.2) is 5.43 Å². The molecule has 1 amide bonds. The fourth-order valence-electron chi connectivity index (χ4n) is 4.28. The van der Waals surface area contributed by atoms with Crippen LogP contribution in [-0.4, -0.2) is 11.0 Å². The molecule has 0 spiro atoms. The molecule has 2 heterocycles. The number of carbonyl (C=O) groups is 1. The van der Waals surface area contributed by atoms with Crippen molar-refractivity contribution in [2.24, 2.45) is 0 Å². The molecule has 0 saturated heterocycles. The highest BCUT2D eigenvalue weighted by atomic mass is 16.3. The predicted octanol–water partition coefficient (Wildman–Crippen LogP) is 5.17. The van der Waals surface area contributed by atoms with E-state index in [1.54, 1.807) is 35.2 Å². The minimum atomic E-state index is -0.696. The van der Waals surface area contributed by atoms with Gasteiger partial charge >= 0.3 is 0 Å². The van der Waals surface area contributed by atoms with Gasteiger partial charge in [-0.3, -0.25) is 14.5 Å². The van der Waals surface area contributed by atoms with Crippen molar-refractivity contribution < 1.29 is 14.3 Å². The van der Waals surface area contributed by atoms with Gasteiger partial charge in [0.25, 0.3) is 5.91 Å². The summed E-state index contributed by atoms with van der Waals surface area (Å²) >= 11 is 0. The van der Waals surface area contributed by atoms with Gasteiger partial charge in [-0.1, -0.05) is 24.3 Å². The lowest BCUT2D eigenvalue weighted by molar-refractivity contribution is 0.0971. The van der Waals surface area contributed by atoms with Crippen LogP contribution in [0.4, 0.5) is 5.69 Å². The molecule has 1 aliphatic heterocycles. The largest absolute Gasteiger partial charge is 0.508 e. The van der Waals surface area contributed by atoms with Gasteiger partial charge in [0, 0.05) is 5.69 Å². The van der Waals surface area contributed by atoms with Crippen LogP contribution in [0.25, 0.3) is 11.0 Å². The summed E-state index contributed by atoms with van der Waals surface area (Å²) in [5.41, 5.74) is 4.75. The zero-order chi connectivity index (χ0) is 21.9. The van der Waals surface area contributed by atoms with E-state index in [2.05, 4.69) is 0 Å². The van der Waals surface area contributed by atoms with Gasteiger partial charge < -0.3 is 9.52 Å². The van der Waals surface area contributed by atoms with Crippen molar-refractivity contribution >= 4 is 22.6 Å². The Balaban J connectivity index is 1.85. The molecule has 154 valence electrons. The highest BCUT2D eigenvalue weighted by Gasteiger charge is 2.43. The van der Waals surface area contributed by atoms with Crippen LogP contribution in [0.2, 0.25) is 0 Å². The lowest BCUT2D eigenvalue weighted by Crippen LogP contribution is -2.29. The van der Waals surface area contributed by atoms with E-state index in [1.165, 1.54) is 0 Å². The fourth-order valence-corrected chi connectivity index (χ4v) is 4.28. The maximum atomic E-state index is 13.6. The number of phenolic OH excluding ortho intramolecular Hbond substituents is 1. The van der Waals surface area contributed by atoms with Crippen LogP contribution < -0.4 is 10.3 Å². The van der Waals surface area contributed by atoms with Crippen LogP contribution in [-0.2, 0) is 0 Å². The number of phenols is 1. The normalized spacial score (nSPS) is 15.5. The number of rotatable bonds is 2. The number of benzene rings is 3. The van der Waals surface area contributed by atoms with E-state index < -0.39 is 6.04 Å². The summed E-state index contributed by atoms with van der Waals surface area (Å²) in [4.78, 5) is 28.8. The van der Waals surface area contributed by atoms with E-state index in [-0.39, 0.29) is 22.8 Å². The summed E-state index contributed by atoms with van der Waals surface area (Å²) in [6.07, 6.45) is 0. The Bertz CT molecular complexity index is 1430. The lowest BCUT2D eigenvalue weighted by Gasteiger charge is -2.25. The Kier molecular flexibility index (Phi) is 4.22. The molecule has 3 aromatic carbocycles. The molecule has 1 aliphatic rings. The molecule has 1 N–H and O–H groups in total. The van der Waals surface area contributed by atoms with Crippen molar-refractivity contribution in [1.82, 2.24) is 0 Å². The topological polar surface area (TPSA) is 70.8 Å². The molecule has 4 aromatic rings. The quantitative estimate of drug-likeness (QED) is 0.494. The SMILES string of the molecule is Cc1cccc(N2C(=O)c3oc4cc(C)c(C)cc4c(=O)c3C2c2cccc(O)c2)c1. The Labute approximate surface area is 179 Å². The maximum absolute atomic E-state index is 13.6. The summed E-state index contributed by atoms with van der Waals surface area (Å²) in [5, 5.41) is 10.5. The van der Waals surface area contributed by atoms with E-state index >= 15 is 0 Å². The first-order chi connectivity index (χ1) is 14.8. The minimum Gasteiger partial charge on any atom is -0.508 e. The van der Waals surface area contributed by atoms with E-state index in [9.17, 15) is 14.7 Å². The number of anilines is 1. The molecule has 5 heteroatoms. The molecule has 1 atom stereocenters. The van der Waals surface area contributed by atoms with Crippen molar-refractivity contribution in [3.05, 3.63) is 104 Å². The average molecular weight is 411 g/mol. The van der Waals surface area contributed by atoms with Crippen molar-refractivity contribution in [3.8, 4) is 5.75 Å². The number of hydrogen-bond donors (Lipinski definition) is 1. The van der Waals surface area contributed by atoms with Crippen molar-refractivity contribution in [3.63, 3.8) is 0 Å². The number of aryl methyl sites for hydroxylation is 3. The zero-order valence-electron chi connectivity index (χ0n) is 17.5. The van der Waals surface area contributed by atoms with Gasteiger partial charge in [-0.05, 0) is 79.4 Å². The highest BCUT2D eigenvalue weighted by Crippen LogP contribution is 2.42. The summed E-state index contributed by atoms with van der Waals surface area (Å²) < 4.78 is 6.04. The molecule has 0 fully saturated rings. The van der Waals surface area contributed by atoms with Gasteiger partial charge in [-0.25, -0.2) is 0 Å². The van der Waals surface area contributed by atoms with Crippen molar-refractivity contribution in [2.45, 2.75) is 26.8 Å². The Morgan fingerprint density at radius 3 is 2.39 bits per heavy atom. The van der Waals surface area contributed by atoms with Crippen LogP contribution in [0.1, 0.15) is 44.4 Å². The molecular formula is C26H21NO4. The van der Waals surface area contributed by atoms with E-state index in [0.29, 0.717) is 27.8 Å². The molecule has 0 aliphatic carbocycles. The van der Waals surface area contributed by atoms with Crippen LogP contribution in [0.5, 0.6) is 5.75 Å². The first-order valence-corrected chi connectivity index (χ1v) is 10.1. The number of hydrogen-bond acceptors (Lipinski definition) is 4. The monoisotopic (exact) mass is 411 g/mol.